The number of nitrogens with zero attached hydrogens (tertiary/aromatic N) is 2. The van der Waals surface area contributed by atoms with E-state index < -0.39 is 0 Å². The number of rotatable bonds is 4. The van der Waals surface area contributed by atoms with Crippen molar-refractivity contribution in [2.75, 3.05) is 0 Å². The van der Waals surface area contributed by atoms with Gasteiger partial charge < -0.3 is 9.40 Å². The van der Waals surface area contributed by atoms with Gasteiger partial charge in [0, 0.05) is 65.9 Å². The second kappa shape index (κ2) is 12.7. The summed E-state index contributed by atoms with van der Waals surface area (Å²) in [5.41, 5.74) is 15.8. The van der Waals surface area contributed by atoms with Crippen molar-refractivity contribution >= 4 is 87.2 Å². The van der Waals surface area contributed by atoms with Gasteiger partial charge in [-0.2, -0.15) is 0 Å². The first-order chi connectivity index (χ1) is 29.8. The van der Waals surface area contributed by atoms with Crippen LogP contribution in [0.1, 0.15) is 0 Å². The molecule has 0 aliphatic heterocycles. The molecule has 278 valence electrons. The highest BCUT2D eigenvalue weighted by Crippen LogP contribution is 2.52. The zero-order chi connectivity index (χ0) is 39.3. The average molecular weight is 764 g/mol. The van der Waals surface area contributed by atoms with Crippen LogP contribution in [-0.2, 0) is 0 Å². The number of furan rings is 1. The Morgan fingerprint density at radius 1 is 0.367 bits per heavy atom. The lowest BCUT2D eigenvalue weighted by atomic mass is 9.80. The van der Waals surface area contributed by atoms with Crippen LogP contribution in [0.3, 0.4) is 0 Å². The second-order valence-corrected chi connectivity index (χ2v) is 15.7. The summed E-state index contributed by atoms with van der Waals surface area (Å²) < 4.78 is 6.54. The van der Waals surface area contributed by atoms with Crippen molar-refractivity contribution in [1.82, 2.24) is 15.0 Å². The fourth-order valence-corrected chi connectivity index (χ4v) is 9.84. The minimum Gasteiger partial charge on any atom is -0.456 e. The summed E-state index contributed by atoms with van der Waals surface area (Å²) in [6.07, 6.45) is 1.99. The number of pyridine rings is 2. The first kappa shape index (κ1) is 32.9. The van der Waals surface area contributed by atoms with E-state index in [4.69, 9.17) is 14.4 Å². The van der Waals surface area contributed by atoms with Gasteiger partial charge in [0.05, 0.1) is 22.1 Å². The Labute approximate surface area is 344 Å². The molecular formula is C56H33N3O. The van der Waals surface area contributed by atoms with Gasteiger partial charge in [-0.05, 0) is 81.2 Å². The molecule has 0 atom stereocenters. The number of benzene rings is 9. The number of hydrogen-bond donors (Lipinski definition) is 1. The maximum absolute atomic E-state index is 6.54. The van der Waals surface area contributed by atoms with Gasteiger partial charge in [-0.25, -0.2) is 4.98 Å². The maximum Gasteiger partial charge on any atom is 0.136 e. The van der Waals surface area contributed by atoms with Crippen LogP contribution in [0.15, 0.2) is 199 Å². The zero-order valence-corrected chi connectivity index (χ0v) is 32.3. The van der Waals surface area contributed by atoms with E-state index in [2.05, 4.69) is 187 Å². The van der Waals surface area contributed by atoms with Crippen molar-refractivity contribution in [1.29, 1.82) is 0 Å². The number of H-pyrrole nitrogens is 1. The lowest BCUT2D eigenvalue weighted by molar-refractivity contribution is 0.669. The molecule has 1 N–H and O–H groups in total. The molecule has 0 bridgehead atoms. The molecule has 0 saturated carbocycles. The van der Waals surface area contributed by atoms with Crippen molar-refractivity contribution in [3.8, 4) is 44.5 Å². The normalized spacial score (nSPS) is 12.0. The highest BCUT2D eigenvalue weighted by Gasteiger charge is 2.26. The molecule has 0 radical (unpaired) electrons. The molecule has 4 heterocycles. The number of hydrogen-bond acceptors (Lipinski definition) is 3. The van der Waals surface area contributed by atoms with E-state index in [-0.39, 0.29) is 0 Å². The first-order valence-electron chi connectivity index (χ1n) is 20.4. The molecule has 60 heavy (non-hydrogen) atoms. The van der Waals surface area contributed by atoms with Crippen LogP contribution in [0.25, 0.3) is 132 Å². The molecule has 13 aromatic rings. The van der Waals surface area contributed by atoms with Crippen LogP contribution < -0.4 is 0 Å². The summed E-state index contributed by atoms with van der Waals surface area (Å²) in [5, 5.41) is 10.2. The third kappa shape index (κ3) is 4.79. The number of aromatic amines is 1. The van der Waals surface area contributed by atoms with Gasteiger partial charge in [0.1, 0.15) is 11.2 Å². The van der Waals surface area contributed by atoms with Gasteiger partial charge in [0.25, 0.3) is 0 Å². The van der Waals surface area contributed by atoms with E-state index in [1.807, 2.05) is 12.3 Å². The van der Waals surface area contributed by atoms with Gasteiger partial charge in [-0.1, -0.05) is 146 Å². The van der Waals surface area contributed by atoms with E-state index in [9.17, 15) is 0 Å². The molecule has 4 heteroatoms. The summed E-state index contributed by atoms with van der Waals surface area (Å²) in [7, 11) is 0. The quantitative estimate of drug-likeness (QED) is 0.143. The molecule has 0 spiro atoms. The Hall–Kier alpha value is -8.08. The van der Waals surface area contributed by atoms with Crippen molar-refractivity contribution in [3.05, 3.63) is 194 Å². The number of fused-ring (bicyclic) bond motifs is 11. The van der Waals surface area contributed by atoms with E-state index in [1.54, 1.807) is 0 Å². The van der Waals surface area contributed by atoms with Crippen LogP contribution in [0.2, 0.25) is 0 Å². The van der Waals surface area contributed by atoms with Crippen LogP contribution in [0.5, 0.6) is 0 Å². The summed E-state index contributed by atoms with van der Waals surface area (Å²) in [6.45, 7) is 0. The van der Waals surface area contributed by atoms with Crippen LogP contribution >= 0.6 is 0 Å². The molecule has 4 aromatic heterocycles. The second-order valence-electron chi connectivity index (χ2n) is 15.7. The number of aromatic nitrogens is 3. The summed E-state index contributed by atoms with van der Waals surface area (Å²) in [6, 6.07) is 67.3. The zero-order valence-electron chi connectivity index (χ0n) is 32.3. The molecular weight excluding hydrogens is 731 g/mol. The summed E-state index contributed by atoms with van der Waals surface area (Å²) in [4.78, 5) is 14.2. The number of para-hydroxylation sites is 4. The maximum atomic E-state index is 6.54. The van der Waals surface area contributed by atoms with E-state index in [1.165, 1.54) is 16.2 Å². The predicted molar refractivity (Wildman–Crippen MR) is 250 cm³/mol. The van der Waals surface area contributed by atoms with Crippen molar-refractivity contribution in [2.45, 2.75) is 0 Å². The molecule has 0 fully saturated rings. The SMILES string of the molecule is c1ccc2nc3cccc(-c4c(-c5cccc6ncc7ccccc7c56)ccc(-c5cccc6oc7ccccc7c56)c4-c4cccc5c4[nH]c4ccccc45)c3cc2c1. The summed E-state index contributed by atoms with van der Waals surface area (Å²) in [5.74, 6) is 0. The average Bonchev–Trinajstić information content (AvgIpc) is 3.89. The standard InChI is InChI=1S/C56H33N3O/c1-3-15-35-34(14-1)32-57-49-26-11-18-37(52(35)49)40-29-30-41(38-20-12-28-51-53(38)43-17-5-8-27-50(43)60-51)55(44-22-9-21-42-36-16-4-7-24-47(36)59-56(42)44)54(40)39-19-10-25-48-45(39)31-33-13-2-6-23-46(33)58-48/h1-32,59H. The largest absolute Gasteiger partial charge is 0.456 e. The van der Waals surface area contributed by atoms with Crippen molar-refractivity contribution < 1.29 is 4.42 Å². The molecule has 0 aliphatic rings. The lowest BCUT2D eigenvalue weighted by Gasteiger charge is -2.23. The van der Waals surface area contributed by atoms with E-state index in [0.717, 1.165) is 116 Å². The van der Waals surface area contributed by atoms with Gasteiger partial charge in [0.2, 0.25) is 0 Å². The highest BCUT2D eigenvalue weighted by molar-refractivity contribution is 6.22. The monoisotopic (exact) mass is 763 g/mol. The molecule has 0 saturated heterocycles. The molecule has 9 aromatic carbocycles. The van der Waals surface area contributed by atoms with Gasteiger partial charge in [-0.15, -0.1) is 0 Å². The first-order valence-corrected chi connectivity index (χ1v) is 20.4. The smallest absolute Gasteiger partial charge is 0.136 e. The Bertz CT molecular complexity index is 3910. The topological polar surface area (TPSA) is 54.7 Å². The molecule has 0 amide bonds. The van der Waals surface area contributed by atoms with Crippen molar-refractivity contribution in [3.63, 3.8) is 0 Å². The lowest BCUT2D eigenvalue weighted by Crippen LogP contribution is -1.98. The Balaban J connectivity index is 1.27. The Kier molecular flexibility index (Phi) is 6.98. The molecule has 13 rings (SSSR count). The fraction of sp³-hybridized carbons (Fsp3) is 0. The number of nitrogens with one attached hydrogen (secondary N) is 1. The molecule has 4 nitrogen and oxygen atoms in total. The van der Waals surface area contributed by atoms with Gasteiger partial charge in [-0.3, -0.25) is 4.98 Å². The molecule has 0 aliphatic carbocycles. The van der Waals surface area contributed by atoms with Crippen LogP contribution in [0, 0.1) is 0 Å². The Morgan fingerprint density at radius 2 is 0.967 bits per heavy atom. The third-order valence-corrected chi connectivity index (χ3v) is 12.4. The fourth-order valence-electron chi connectivity index (χ4n) is 9.84. The predicted octanol–water partition coefficient (Wildman–Crippen LogP) is 15.3. The van der Waals surface area contributed by atoms with Crippen LogP contribution in [0.4, 0.5) is 0 Å². The minimum absolute atomic E-state index is 0.863. The highest BCUT2D eigenvalue weighted by atomic mass is 16.3. The van der Waals surface area contributed by atoms with Crippen LogP contribution in [-0.4, -0.2) is 15.0 Å². The third-order valence-electron chi connectivity index (χ3n) is 12.4. The van der Waals surface area contributed by atoms with E-state index >= 15 is 0 Å². The summed E-state index contributed by atoms with van der Waals surface area (Å²) >= 11 is 0. The Morgan fingerprint density at radius 3 is 1.85 bits per heavy atom. The van der Waals surface area contributed by atoms with Gasteiger partial charge in [0.15, 0.2) is 0 Å². The van der Waals surface area contributed by atoms with Crippen molar-refractivity contribution in [2.24, 2.45) is 0 Å². The van der Waals surface area contributed by atoms with E-state index in [0.29, 0.717) is 0 Å². The minimum atomic E-state index is 0.863. The van der Waals surface area contributed by atoms with Gasteiger partial charge >= 0.3 is 0 Å². The molecule has 0 unspecified atom stereocenters.